The molecule has 1 saturated heterocycles. The van der Waals surface area contributed by atoms with Gasteiger partial charge in [0.2, 0.25) is 5.95 Å². The molecule has 0 unspecified atom stereocenters. The molecule has 3 heterocycles. The van der Waals surface area contributed by atoms with Gasteiger partial charge in [0, 0.05) is 24.0 Å². The first-order chi connectivity index (χ1) is 16.5. The Balaban J connectivity index is 1.60. The Hall–Kier alpha value is -3.12. The van der Waals surface area contributed by atoms with E-state index in [1.54, 1.807) is 6.07 Å². The van der Waals surface area contributed by atoms with Crippen LogP contribution in [0.3, 0.4) is 0 Å². The van der Waals surface area contributed by atoms with Gasteiger partial charge in [0.05, 0.1) is 16.5 Å². The number of imide groups is 1. The monoisotopic (exact) mass is 527 g/mol. The second-order valence-corrected chi connectivity index (χ2v) is 9.64. The van der Waals surface area contributed by atoms with Crippen molar-refractivity contribution >= 4 is 50.9 Å². The Kier molecular flexibility index (Phi) is 6.78. The Labute approximate surface area is 207 Å². The molecule has 1 aromatic carbocycles. The van der Waals surface area contributed by atoms with Crippen LogP contribution in [0.4, 0.5) is 23.9 Å². The minimum Gasteiger partial charge on any atom is -0.492 e. The van der Waals surface area contributed by atoms with Crippen LogP contribution >= 0.6 is 22.9 Å². The highest BCUT2D eigenvalue weighted by Gasteiger charge is 2.47. The van der Waals surface area contributed by atoms with E-state index < -0.39 is 36.3 Å². The fourth-order valence-corrected chi connectivity index (χ4v) is 4.71. The van der Waals surface area contributed by atoms with Crippen molar-refractivity contribution in [2.24, 2.45) is 0 Å². The molecule has 0 aliphatic carbocycles. The van der Waals surface area contributed by atoms with Crippen LogP contribution in [0.15, 0.2) is 36.5 Å². The second-order valence-electron chi connectivity index (χ2n) is 8.18. The number of anilines is 1. The first kappa shape index (κ1) is 25.0. The summed E-state index contributed by atoms with van der Waals surface area (Å²) in [4.78, 5) is 33.8. The van der Waals surface area contributed by atoms with Crippen LogP contribution in [0, 0.1) is 0 Å². The number of aromatic nitrogens is 2. The largest absolute Gasteiger partial charge is 0.492 e. The van der Waals surface area contributed by atoms with Crippen molar-refractivity contribution in [2.75, 3.05) is 30.5 Å². The van der Waals surface area contributed by atoms with E-state index in [9.17, 15) is 22.8 Å². The molecule has 0 radical (unpaired) electrons. The summed E-state index contributed by atoms with van der Waals surface area (Å²) in [6, 6.07) is 8.10. The van der Waals surface area contributed by atoms with Crippen LogP contribution in [-0.4, -0.2) is 64.2 Å². The molecule has 4 rings (SSSR count). The molecular formula is C22H21ClF3N5O3S. The number of ether oxygens (including phenoxy) is 1. The van der Waals surface area contributed by atoms with Gasteiger partial charge in [-0.05, 0) is 49.6 Å². The van der Waals surface area contributed by atoms with Crippen LogP contribution in [0.1, 0.15) is 13.8 Å². The number of thiophene rings is 1. The van der Waals surface area contributed by atoms with Crippen molar-refractivity contribution in [1.29, 1.82) is 0 Å². The maximum Gasteiger partial charge on any atom is 0.487 e. The van der Waals surface area contributed by atoms with E-state index in [0.717, 1.165) is 15.0 Å². The number of urea groups is 1. The number of amides is 3. The fraction of sp³-hybridized carbons (Fsp3) is 0.364. The van der Waals surface area contributed by atoms with Gasteiger partial charge in [-0.1, -0.05) is 0 Å². The average molecular weight is 528 g/mol. The topological polar surface area (TPSA) is 87.7 Å². The normalized spacial score (nSPS) is 15.5. The Morgan fingerprint density at radius 2 is 2.00 bits per heavy atom. The number of hydrogen-bond acceptors (Lipinski definition) is 7. The molecule has 186 valence electrons. The average Bonchev–Trinajstić information content (AvgIpc) is 3.30. The number of halogens is 4. The lowest BCUT2D eigenvalue weighted by Gasteiger charge is -2.31. The zero-order chi connectivity index (χ0) is 25.4. The molecule has 1 N–H and O–H groups in total. The van der Waals surface area contributed by atoms with E-state index in [1.807, 2.05) is 18.2 Å². The Bertz CT molecular complexity index is 1270. The van der Waals surface area contributed by atoms with E-state index in [0.29, 0.717) is 28.8 Å². The number of carbonyl (C=O) groups is 2. The lowest BCUT2D eigenvalue weighted by Crippen LogP contribution is -2.50. The number of nitrogens with one attached hydrogen (secondary N) is 1. The van der Waals surface area contributed by atoms with E-state index in [1.165, 1.54) is 37.4 Å². The molecule has 13 heteroatoms. The van der Waals surface area contributed by atoms with Crippen LogP contribution in [0.25, 0.3) is 20.7 Å². The fourth-order valence-electron chi connectivity index (χ4n) is 3.62. The summed E-state index contributed by atoms with van der Waals surface area (Å²) in [6.45, 7) is 2.29. The molecule has 0 saturated carbocycles. The SMILES string of the molecule is CC1(C)C(=O)NC(=O)N1CCN(c1nccc(-c2cc3cc(OCCCl)ccc3s2)n1)C(F)(F)F. The molecule has 1 aliphatic rings. The number of alkyl halides is 4. The summed E-state index contributed by atoms with van der Waals surface area (Å²) in [5, 5.41) is 2.98. The molecule has 0 atom stereocenters. The molecule has 0 bridgehead atoms. The highest BCUT2D eigenvalue weighted by molar-refractivity contribution is 7.22. The first-order valence-corrected chi connectivity index (χ1v) is 11.9. The minimum absolute atomic E-state index is 0.0636. The number of benzene rings is 1. The predicted octanol–water partition coefficient (Wildman–Crippen LogP) is 4.63. The maximum atomic E-state index is 13.9. The van der Waals surface area contributed by atoms with E-state index in [2.05, 4.69) is 15.3 Å². The highest BCUT2D eigenvalue weighted by Crippen LogP contribution is 2.36. The molecule has 0 spiro atoms. The predicted molar refractivity (Wildman–Crippen MR) is 127 cm³/mol. The lowest BCUT2D eigenvalue weighted by molar-refractivity contribution is -0.131. The smallest absolute Gasteiger partial charge is 0.487 e. The summed E-state index contributed by atoms with van der Waals surface area (Å²) >= 11 is 7.03. The first-order valence-electron chi connectivity index (χ1n) is 10.5. The van der Waals surface area contributed by atoms with Gasteiger partial charge in [-0.25, -0.2) is 19.7 Å². The lowest BCUT2D eigenvalue weighted by atomic mass is 10.0. The van der Waals surface area contributed by atoms with Crippen LogP contribution in [0.2, 0.25) is 0 Å². The standard InChI is InChI=1S/C22H21ClF3N5O3S/c1-21(2)18(32)29-20(33)31(21)9-8-30(22(24,25)26)19-27-7-5-15(28-19)17-12-13-11-14(34-10-6-23)3-4-16(13)35-17/h3-5,7,11-12H,6,8-10H2,1-2H3,(H,29,32,33). The summed E-state index contributed by atoms with van der Waals surface area (Å²) in [7, 11) is 0. The zero-order valence-electron chi connectivity index (χ0n) is 18.7. The third-order valence-electron chi connectivity index (χ3n) is 5.52. The van der Waals surface area contributed by atoms with Crippen molar-refractivity contribution in [3.63, 3.8) is 0 Å². The number of rotatable bonds is 8. The molecule has 8 nitrogen and oxygen atoms in total. The van der Waals surface area contributed by atoms with E-state index >= 15 is 0 Å². The zero-order valence-corrected chi connectivity index (χ0v) is 20.3. The van der Waals surface area contributed by atoms with Crippen molar-refractivity contribution < 1.29 is 27.5 Å². The van der Waals surface area contributed by atoms with Gasteiger partial charge in [0.25, 0.3) is 5.91 Å². The van der Waals surface area contributed by atoms with Crippen molar-refractivity contribution in [1.82, 2.24) is 20.2 Å². The third-order valence-corrected chi connectivity index (χ3v) is 6.81. The van der Waals surface area contributed by atoms with Crippen molar-refractivity contribution in [3.05, 3.63) is 36.5 Å². The molecule has 1 aliphatic heterocycles. The summed E-state index contributed by atoms with van der Waals surface area (Å²) in [5.41, 5.74) is -0.941. The molecule has 3 aromatic rings. The molecule has 35 heavy (non-hydrogen) atoms. The van der Waals surface area contributed by atoms with Gasteiger partial charge in [-0.3, -0.25) is 10.1 Å². The summed E-state index contributed by atoms with van der Waals surface area (Å²) in [6.07, 6.45) is -3.55. The number of carbonyl (C=O) groups excluding carboxylic acids is 2. The quantitative estimate of drug-likeness (QED) is 0.261. The van der Waals surface area contributed by atoms with Gasteiger partial charge >= 0.3 is 12.3 Å². The van der Waals surface area contributed by atoms with Gasteiger partial charge in [-0.15, -0.1) is 36.1 Å². The van der Waals surface area contributed by atoms with Gasteiger partial charge in [-0.2, -0.15) is 0 Å². The minimum atomic E-state index is -4.81. The second kappa shape index (κ2) is 9.50. The highest BCUT2D eigenvalue weighted by atomic mass is 35.5. The number of hydrogen-bond donors (Lipinski definition) is 1. The number of fused-ring (bicyclic) bond motifs is 1. The Morgan fingerprint density at radius 3 is 2.66 bits per heavy atom. The van der Waals surface area contributed by atoms with Crippen LogP contribution < -0.4 is 15.0 Å². The molecular weight excluding hydrogens is 507 g/mol. The summed E-state index contributed by atoms with van der Waals surface area (Å²) in [5.74, 6) is -0.133. The third kappa shape index (κ3) is 5.13. The van der Waals surface area contributed by atoms with E-state index in [-0.39, 0.29) is 11.4 Å². The van der Waals surface area contributed by atoms with Crippen molar-refractivity contribution in [3.8, 4) is 16.3 Å². The van der Waals surface area contributed by atoms with Gasteiger partial charge in [0.1, 0.15) is 17.9 Å². The molecule has 3 amide bonds. The summed E-state index contributed by atoms with van der Waals surface area (Å²) < 4.78 is 48.2. The molecule has 1 fully saturated rings. The van der Waals surface area contributed by atoms with Crippen LogP contribution in [-0.2, 0) is 4.79 Å². The van der Waals surface area contributed by atoms with Gasteiger partial charge in [0.15, 0.2) is 0 Å². The maximum absolute atomic E-state index is 13.9. The van der Waals surface area contributed by atoms with E-state index in [4.69, 9.17) is 16.3 Å². The molecule has 2 aromatic heterocycles. The van der Waals surface area contributed by atoms with Crippen LogP contribution in [0.5, 0.6) is 5.75 Å². The number of nitrogens with zero attached hydrogens (tertiary/aromatic N) is 4. The Morgan fingerprint density at radius 1 is 1.23 bits per heavy atom. The van der Waals surface area contributed by atoms with Crippen molar-refractivity contribution in [2.45, 2.75) is 25.7 Å². The van der Waals surface area contributed by atoms with Gasteiger partial charge < -0.3 is 9.64 Å².